The zero-order valence-electron chi connectivity index (χ0n) is 19.3. The molecule has 178 valence electrons. The van der Waals surface area contributed by atoms with Gasteiger partial charge >= 0.3 is 0 Å². The summed E-state index contributed by atoms with van der Waals surface area (Å²) in [6, 6.07) is 13.9. The minimum absolute atomic E-state index is 0.217. The summed E-state index contributed by atoms with van der Waals surface area (Å²) in [4.78, 5) is 9.40. The highest BCUT2D eigenvalue weighted by Crippen LogP contribution is 2.32. The van der Waals surface area contributed by atoms with Crippen LogP contribution in [0.15, 0.2) is 48.7 Å². The standard InChI is InChI=1S/C25H30N6O3/c1-33-20-4-5-22-21(15-20)24(27-19-3-2-18-17-26-29-23(18)14-19)16-25(28-22)34-13-11-31-8-6-30(7-9-31)10-12-32/h2-5,14-17,32H,6-13H2,1H3,(H,26,29)(H,27,28). The summed E-state index contributed by atoms with van der Waals surface area (Å²) < 4.78 is 11.5. The van der Waals surface area contributed by atoms with Gasteiger partial charge in [-0.1, -0.05) is 0 Å². The van der Waals surface area contributed by atoms with Gasteiger partial charge in [-0.05, 0) is 36.4 Å². The van der Waals surface area contributed by atoms with Crippen molar-refractivity contribution in [3.8, 4) is 11.6 Å². The summed E-state index contributed by atoms with van der Waals surface area (Å²) in [5, 5.41) is 21.8. The van der Waals surface area contributed by atoms with Crippen LogP contribution in [0.2, 0.25) is 0 Å². The van der Waals surface area contributed by atoms with Crippen LogP contribution in [0.25, 0.3) is 21.8 Å². The van der Waals surface area contributed by atoms with Crippen molar-refractivity contribution in [3.05, 3.63) is 48.7 Å². The Labute approximate surface area is 198 Å². The fourth-order valence-corrected chi connectivity index (χ4v) is 4.31. The third-order valence-corrected chi connectivity index (χ3v) is 6.25. The maximum atomic E-state index is 9.11. The summed E-state index contributed by atoms with van der Waals surface area (Å²) in [6.45, 7) is 6.29. The number of hydrogen-bond acceptors (Lipinski definition) is 8. The van der Waals surface area contributed by atoms with E-state index in [0.717, 1.165) is 78.2 Å². The number of nitrogens with one attached hydrogen (secondary N) is 2. The topological polar surface area (TPSA) is 98.8 Å². The number of piperazine rings is 1. The fourth-order valence-electron chi connectivity index (χ4n) is 4.31. The molecule has 3 N–H and O–H groups in total. The van der Waals surface area contributed by atoms with Gasteiger partial charge in [-0.15, -0.1) is 0 Å². The first-order valence-corrected chi connectivity index (χ1v) is 11.6. The number of nitrogens with zero attached hydrogens (tertiary/aromatic N) is 4. The summed E-state index contributed by atoms with van der Waals surface area (Å²) in [7, 11) is 1.66. The highest BCUT2D eigenvalue weighted by molar-refractivity contribution is 5.95. The van der Waals surface area contributed by atoms with E-state index in [1.807, 2.05) is 48.7 Å². The van der Waals surface area contributed by atoms with Crippen LogP contribution in [-0.2, 0) is 0 Å². The third-order valence-electron chi connectivity index (χ3n) is 6.25. The number of rotatable bonds is 9. The Balaban J connectivity index is 1.32. The van der Waals surface area contributed by atoms with Gasteiger partial charge in [0.05, 0.1) is 36.6 Å². The second-order valence-electron chi connectivity index (χ2n) is 8.44. The molecule has 0 aliphatic carbocycles. The van der Waals surface area contributed by atoms with Crippen LogP contribution in [0.5, 0.6) is 11.6 Å². The summed E-state index contributed by atoms with van der Waals surface area (Å²) in [6.07, 6.45) is 1.81. The third kappa shape index (κ3) is 5.06. The first-order valence-electron chi connectivity index (χ1n) is 11.6. The minimum Gasteiger partial charge on any atom is -0.497 e. The number of aromatic amines is 1. The van der Waals surface area contributed by atoms with Crippen molar-refractivity contribution < 1.29 is 14.6 Å². The van der Waals surface area contributed by atoms with Crippen molar-refractivity contribution in [2.45, 2.75) is 0 Å². The minimum atomic E-state index is 0.217. The second kappa shape index (κ2) is 10.3. The molecule has 5 rings (SSSR count). The highest BCUT2D eigenvalue weighted by atomic mass is 16.5. The molecular formula is C25H30N6O3. The fraction of sp³-hybridized carbons (Fsp3) is 0.360. The van der Waals surface area contributed by atoms with E-state index < -0.39 is 0 Å². The van der Waals surface area contributed by atoms with Crippen LogP contribution in [0.3, 0.4) is 0 Å². The largest absolute Gasteiger partial charge is 0.497 e. The van der Waals surface area contributed by atoms with Crippen LogP contribution in [0.4, 0.5) is 11.4 Å². The number of benzene rings is 2. The normalized spacial score (nSPS) is 15.1. The van der Waals surface area contributed by atoms with E-state index in [2.05, 4.69) is 25.3 Å². The van der Waals surface area contributed by atoms with Crippen molar-refractivity contribution >= 4 is 33.2 Å². The molecule has 0 amide bonds. The van der Waals surface area contributed by atoms with Crippen molar-refractivity contribution in [3.63, 3.8) is 0 Å². The van der Waals surface area contributed by atoms with E-state index in [-0.39, 0.29) is 6.61 Å². The lowest BCUT2D eigenvalue weighted by molar-refractivity contribution is 0.101. The maximum Gasteiger partial charge on any atom is 0.215 e. The van der Waals surface area contributed by atoms with Crippen LogP contribution < -0.4 is 14.8 Å². The zero-order chi connectivity index (χ0) is 23.3. The molecule has 0 radical (unpaired) electrons. The smallest absolute Gasteiger partial charge is 0.215 e. The number of hydrogen-bond donors (Lipinski definition) is 3. The lowest BCUT2D eigenvalue weighted by Gasteiger charge is -2.34. The van der Waals surface area contributed by atoms with Gasteiger partial charge in [0.15, 0.2) is 0 Å². The van der Waals surface area contributed by atoms with Gasteiger partial charge in [-0.2, -0.15) is 5.10 Å². The van der Waals surface area contributed by atoms with E-state index >= 15 is 0 Å². The summed E-state index contributed by atoms with van der Waals surface area (Å²) in [5.41, 5.74) is 3.65. The molecule has 1 aliphatic rings. The Kier molecular flexibility index (Phi) is 6.75. The van der Waals surface area contributed by atoms with Gasteiger partial charge in [0.2, 0.25) is 5.88 Å². The first kappa shape index (κ1) is 22.4. The van der Waals surface area contributed by atoms with Gasteiger partial charge in [-0.25, -0.2) is 4.98 Å². The average Bonchev–Trinajstić information content (AvgIpc) is 3.33. The number of β-amino-alcohol motifs (C(OH)–C–C–N with tert-alkyl or cyclic N) is 1. The molecule has 0 unspecified atom stereocenters. The van der Waals surface area contributed by atoms with Crippen molar-refractivity contribution in [1.29, 1.82) is 0 Å². The van der Waals surface area contributed by atoms with E-state index in [0.29, 0.717) is 12.5 Å². The monoisotopic (exact) mass is 462 g/mol. The van der Waals surface area contributed by atoms with Gasteiger partial charge in [0.25, 0.3) is 0 Å². The molecule has 1 fully saturated rings. The zero-order valence-corrected chi connectivity index (χ0v) is 19.3. The van der Waals surface area contributed by atoms with Gasteiger partial charge in [0, 0.05) is 61.8 Å². The molecule has 4 aromatic rings. The molecule has 1 saturated heterocycles. The van der Waals surface area contributed by atoms with Crippen LogP contribution in [-0.4, -0.2) is 89.7 Å². The summed E-state index contributed by atoms with van der Waals surface area (Å²) >= 11 is 0. The Morgan fingerprint density at radius 3 is 2.65 bits per heavy atom. The molecule has 0 atom stereocenters. The molecule has 0 bridgehead atoms. The predicted molar refractivity (Wildman–Crippen MR) is 133 cm³/mol. The molecule has 2 aromatic carbocycles. The predicted octanol–water partition coefficient (Wildman–Crippen LogP) is 2.85. The molecule has 9 heteroatoms. The molecular weight excluding hydrogens is 432 g/mol. The molecule has 2 aromatic heterocycles. The molecule has 0 spiro atoms. The lowest BCUT2D eigenvalue weighted by atomic mass is 10.1. The van der Waals surface area contributed by atoms with Gasteiger partial charge < -0.3 is 19.9 Å². The highest BCUT2D eigenvalue weighted by Gasteiger charge is 2.16. The Hall–Kier alpha value is -3.40. The van der Waals surface area contributed by atoms with Crippen LogP contribution >= 0.6 is 0 Å². The number of anilines is 2. The number of pyridine rings is 1. The Morgan fingerprint density at radius 2 is 1.85 bits per heavy atom. The maximum absolute atomic E-state index is 9.11. The number of ether oxygens (including phenoxy) is 2. The SMILES string of the molecule is COc1ccc2nc(OCCN3CCN(CCO)CC3)cc(Nc3ccc4cn[nH]c4c3)c2c1. The van der Waals surface area contributed by atoms with E-state index in [1.165, 1.54) is 0 Å². The quantitative estimate of drug-likeness (QED) is 0.349. The number of H-pyrrole nitrogens is 1. The Morgan fingerprint density at radius 1 is 1.03 bits per heavy atom. The molecule has 34 heavy (non-hydrogen) atoms. The molecule has 1 aliphatic heterocycles. The van der Waals surface area contributed by atoms with Gasteiger partial charge in [-0.3, -0.25) is 14.9 Å². The van der Waals surface area contributed by atoms with Gasteiger partial charge in [0.1, 0.15) is 12.4 Å². The molecule has 9 nitrogen and oxygen atoms in total. The first-order chi connectivity index (χ1) is 16.7. The number of aromatic nitrogens is 3. The van der Waals surface area contributed by atoms with Crippen molar-refractivity contribution in [1.82, 2.24) is 25.0 Å². The second-order valence-corrected chi connectivity index (χ2v) is 8.44. The molecule has 0 saturated carbocycles. The number of methoxy groups -OCH3 is 1. The van der Waals surface area contributed by atoms with Crippen molar-refractivity contribution in [2.75, 3.05) is 64.9 Å². The number of fused-ring (bicyclic) bond motifs is 2. The Bertz CT molecular complexity index is 1250. The van der Waals surface area contributed by atoms with Crippen LogP contribution in [0, 0.1) is 0 Å². The number of aliphatic hydroxyl groups excluding tert-OH is 1. The summed E-state index contributed by atoms with van der Waals surface area (Å²) in [5.74, 6) is 1.36. The molecule has 3 heterocycles. The lowest BCUT2D eigenvalue weighted by Crippen LogP contribution is -2.48. The van der Waals surface area contributed by atoms with E-state index in [1.54, 1.807) is 7.11 Å². The van der Waals surface area contributed by atoms with Crippen LogP contribution in [0.1, 0.15) is 0 Å². The van der Waals surface area contributed by atoms with E-state index in [9.17, 15) is 0 Å². The van der Waals surface area contributed by atoms with Crippen molar-refractivity contribution in [2.24, 2.45) is 0 Å². The average molecular weight is 463 g/mol. The number of aliphatic hydroxyl groups is 1. The van der Waals surface area contributed by atoms with E-state index in [4.69, 9.17) is 19.6 Å².